The van der Waals surface area contributed by atoms with Crippen LogP contribution < -0.4 is 5.32 Å². The first-order valence-electron chi connectivity index (χ1n) is 8.97. The molecule has 1 N–H and O–H groups in total. The first kappa shape index (κ1) is 19.2. The number of hydrogen-bond donors (Lipinski definition) is 1. The molecule has 1 fully saturated rings. The van der Waals surface area contributed by atoms with Crippen molar-refractivity contribution in [2.24, 2.45) is 0 Å². The number of benzene rings is 1. The van der Waals surface area contributed by atoms with E-state index in [-0.39, 0.29) is 22.9 Å². The lowest BCUT2D eigenvalue weighted by Gasteiger charge is -2.23. The van der Waals surface area contributed by atoms with Crippen LogP contribution in [0.5, 0.6) is 0 Å². The van der Waals surface area contributed by atoms with Gasteiger partial charge < -0.3 is 9.84 Å². The summed E-state index contributed by atoms with van der Waals surface area (Å²) in [6.07, 6.45) is 2.46. The summed E-state index contributed by atoms with van der Waals surface area (Å²) in [7, 11) is -3.90. The minimum atomic E-state index is -3.90. The standard InChI is InChI=1S/C17H19N7O4S/c1-11-16(12(2)28-20-11)29(26,27)24-8-4-7-15(24)17(25)19-13-5-3-6-14(9-13)23-10-18-21-22-23/h3,5-6,9-10,15H,4,7-8H2,1-2H3,(H,19,25). The van der Waals surface area contributed by atoms with Gasteiger partial charge in [-0.05, 0) is 55.3 Å². The molecule has 0 bridgehead atoms. The fraction of sp³-hybridized carbons (Fsp3) is 0.353. The van der Waals surface area contributed by atoms with Crippen LogP contribution in [0.4, 0.5) is 5.69 Å². The van der Waals surface area contributed by atoms with E-state index in [9.17, 15) is 13.2 Å². The zero-order chi connectivity index (χ0) is 20.6. The normalized spacial score (nSPS) is 17.5. The van der Waals surface area contributed by atoms with Crippen LogP contribution in [0.2, 0.25) is 0 Å². The Labute approximate surface area is 166 Å². The molecule has 1 aliphatic heterocycles. The molecular formula is C17H19N7O4S. The van der Waals surface area contributed by atoms with Gasteiger partial charge >= 0.3 is 0 Å². The number of carbonyl (C=O) groups is 1. The molecular weight excluding hydrogens is 398 g/mol. The van der Waals surface area contributed by atoms with Gasteiger partial charge in [0.2, 0.25) is 15.9 Å². The molecule has 1 amide bonds. The first-order valence-corrected chi connectivity index (χ1v) is 10.4. The summed E-state index contributed by atoms with van der Waals surface area (Å²) in [5.41, 5.74) is 1.46. The van der Waals surface area contributed by atoms with E-state index >= 15 is 0 Å². The SMILES string of the molecule is Cc1noc(C)c1S(=O)(=O)N1CCCC1C(=O)Nc1cccc(-n2cnnn2)c1. The van der Waals surface area contributed by atoms with Crippen LogP contribution in [0.15, 0.2) is 40.0 Å². The Kier molecular flexibility index (Phi) is 4.88. The quantitative estimate of drug-likeness (QED) is 0.651. The number of anilines is 1. The summed E-state index contributed by atoms with van der Waals surface area (Å²) < 4.78 is 34.0. The number of sulfonamides is 1. The summed E-state index contributed by atoms with van der Waals surface area (Å²) in [6.45, 7) is 3.37. The predicted molar refractivity (Wildman–Crippen MR) is 101 cm³/mol. The monoisotopic (exact) mass is 417 g/mol. The summed E-state index contributed by atoms with van der Waals surface area (Å²) in [5.74, 6) is -0.186. The molecule has 3 aromatic rings. The molecule has 1 aliphatic rings. The Hall–Kier alpha value is -3.12. The molecule has 1 atom stereocenters. The average molecular weight is 417 g/mol. The molecule has 4 rings (SSSR count). The van der Waals surface area contributed by atoms with Gasteiger partial charge in [0.05, 0.1) is 5.69 Å². The largest absolute Gasteiger partial charge is 0.360 e. The van der Waals surface area contributed by atoms with Crippen LogP contribution in [0, 0.1) is 13.8 Å². The Morgan fingerprint density at radius 2 is 2.14 bits per heavy atom. The zero-order valence-corrected chi connectivity index (χ0v) is 16.6. The summed E-state index contributed by atoms with van der Waals surface area (Å²) in [6, 6.07) is 6.14. The molecule has 1 saturated heterocycles. The average Bonchev–Trinajstić information content (AvgIpc) is 3.43. The highest BCUT2D eigenvalue weighted by atomic mass is 32.2. The summed E-state index contributed by atoms with van der Waals surface area (Å²) in [4.78, 5) is 12.9. The maximum Gasteiger partial charge on any atom is 0.249 e. The third-order valence-electron chi connectivity index (χ3n) is 4.77. The lowest BCUT2D eigenvalue weighted by molar-refractivity contribution is -0.119. The van der Waals surface area contributed by atoms with Gasteiger partial charge in [0.15, 0.2) is 5.76 Å². The summed E-state index contributed by atoms with van der Waals surface area (Å²) in [5, 5.41) is 17.5. The number of hydrogen-bond acceptors (Lipinski definition) is 8. The molecule has 0 spiro atoms. The lowest BCUT2D eigenvalue weighted by atomic mass is 10.2. The third-order valence-corrected chi connectivity index (χ3v) is 6.92. The number of aryl methyl sites for hydroxylation is 2. The molecule has 0 saturated carbocycles. The van der Waals surface area contributed by atoms with Gasteiger partial charge in [-0.25, -0.2) is 13.1 Å². The number of nitrogens with zero attached hydrogens (tertiary/aromatic N) is 6. The van der Waals surface area contributed by atoms with Crippen molar-refractivity contribution in [2.75, 3.05) is 11.9 Å². The van der Waals surface area contributed by atoms with Gasteiger partial charge in [0.25, 0.3) is 0 Å². The van der Waals surface area contributed by atoms with Gasteiger partial charge in [-0.3, -0.25) is 4.79 Å². The topological polar surface area (TPSA) is 136 Å². The molecule has 11 nitrogen and oxygen atoms in total. The van der Waals surface area contributed by atoms with E-state index in [0.29, 0.717) is 24.2 Å². The number of aromatic nitrogens is 5. The zero-order valence-electron chi connectivity index (χ0n) is 15.8. The number of carbonyl (C=O) groups excluding carboxylic acids is 1. The van der Waals surface area contributed by atoms with Crippen molar-refractivity contribution in [3.8, 4) is 5.69 Å². The second kappa shape index (κ2) is 7.37. The van der Waals surface area contributed by atoms with Crippen molar-refractivity contribution < 1.29 is 17.7 Å². The van der Waals surface area contributed by atoms with Crippen LogP contribution in [-0.4, -0.2) is 56.6 Å². The second-order valence-electron chi connectivity index (χ2n) is 6.72. The minimum Gasteiger partial charge on any atom is -0.360 e. The second-order valence-corrected chi connectivity index (χ2v) is 8.55. The van der Waals surface area contributed by atoms with Crippen molar-refractivity contribution in [2.45, 2.75) is 37.6 Å². The third kappa shape index (κ3) is 3.51. The number of nitrogens with one attached hydrogen (secondary N) is 1. The summed E-state index contributed by atoms with van der Waals surface area (Å²) >= 11 is 0. The molecule has 29 heavy (non-hydrogen) atoms. The lowest BCUT2D eigenvalue weighted by Crippen LogP contribution is -2.43. The maximum atomic E-state index is 13.1. The Morgan fingerprint density at radius 1 is 1.31 bits per heavy atom. The number of amides is 1. The van der Waals surface area contributed by atoms with Gasteiger partial charge in [-0.15, -0.1) is 5.10 Å². The highest BCUT2D eigenvalue weighted by molar-refractivity contribution is 7.89. The molecule has 12 heteroatoms. The van der Waals surface area contributed by atoms with Crippen molar-refractivity contribution in [3.05, 3.63) is 42.0 Å². The van der Waals surface area contributed by atoms with E-state index in [1.165, 1.54) is 15.3 Å². The fourth-order valence-corrected chi connectivity index (χ4v) is 5.43. The van der Waals surface area contributed by atoms with Crippen molar-refractivity contribution in [1.82, 2.24) is 29.7 Å². The van der Waals surface area contributed by atoms with Crippen LogP contribution >= 0.6 is 0 Å². The van der Waals surface area contributed by atoms with E-state index in [0.717, 1.165) is 0 Å². The Bertz CT molecular complexity index is 1120. The van der Waals surface area contributed by atoms with Gasteiger partial charge in [-0.1, -0.05) is 11.2 Å². The highest BCUT2D eigenvalue weighted by Crippen LogP contribution is 2.30. The molecule has 1 aromatic carbocycles. The number of rotatable bonds is 5. The van der Waals surface area contributed by atoms with Gasteiger partial charge in [-0.2, -0.15) is 4.31 Å². The predicted octanol–water partition coefficient (Wildman–Crippen LogP) is 1.06. The molecule has 2 aromatic heterocycles. The Balaban J connectivity index is 1.57. The molecule has 0 radical (unpaired) electrons. The van der Waals surface area contributed by atoms with E-state index in [2.05, 4.69) is 26.0 Å². The maximum absolute atomic E-state index is 13.1. The minimum absolute atomic E-state index is 0.0258. The van der Waals surface area contributed by atoms with Crippen molar-refractivity contribution in [3.63, 3.8) is 0 Å². The van der Waals surface area contributed by atoms with E-state index in [1.54, 1.807) is 38.1 Å². The van der Waals surface area contributed by atoms with E-state index < -0.39 is 22.0 Å². The van der Waals surface area contributed by atoms with E-state index in [1.807, 2.05) is 0 Å². The smallest absolute Gasteiger partial charge is 0.249 e. The first-order chi connectivity index (χ1) is 13.9. The van der Waals surface area contributed by atoms with Crippen molar-refractivity contribution in [1.29, 1.82) is 0 Å². The molecule has 0 aliphatic carbocycles. The van der Waals surface area contributed by atoms with Crippen LogP contribution in [-0.2, 0) is 14.8 Å². The molecule has 3 heterocycles. The Morgan fingerprint density at radius 3 is 2.83 bits per heavy atom. The van der Waals surface area contributed by atoms with Crippen LogP contribution in [0.3, 0.4) is 0 Å². The van der Waals surface area contributed by atoms with Gasteiger partial charge in [0.1, 0.15) is 23.0 Å². The van der Waals surface area contributed by atoms with Gasteiger partial charge in [0, 0.05) is 12.2 Å². The number of tetrazole rings is 1. The molecule has 1 unspecified atom stereocenters. The highest BCUT2D eigenvalue weighted by Gasteiger charge is 2.41. The fourth-order valence-electron chi connectivity index (χ4n) is 3.48. The molecule has 152 valence electrons. The van der Waals surface area contributed by atoms with E-state index in [4.69, 9.17) is 4.52 Å². The van der Waals surface area contributed by atoms with Crippen molar-refractivity contribution >= 4 is 21.6 Å². The van der Waals surface area contributed by atoms with Crippen LogP contribution in [0.1, 0.15) is 24.3 Å². The van der Waals surface area contributed by atoms with Crippen LogP contribution in [0.25, 0.3) is 5.69 Å².